The van der Waals surface area contributed by atoms with E-state index >= 15 is 0 Å². The summed E-state index contributed by atoms with van der Waals surface area (Å²) in [5, 5.41) is 3.12. The minimum atomic E-state index is -4.06. The molecule has 4 rings (SSSR count). The lowest BCUT2D eigenvalue weighted by molar-refractivity contribution is 0.100. The summed E-state index contributed by atoms with van der Waals surface area (Å²) in [6, 6.07) is 10.5. The van der Waals surface area contributed by atoms with Crippen molar-refractivity contribution in [3.8, 4) is 0 Å². The third-order valence-corrected chi connectivity index (χ3v) is 8.02. The molecule has 7 nitrogen and oxygen atoms in total. The quantitative estimate of drug-likeness (QED) is 0.449. The van der Waals surface area contributed by atoms with Crippen LogP contribution in [0.3, 0.4) is 0 Å². The molecule has 3 aromatic rings. The molecule has 0 unspecified atom stereocenters. The van der Waals surface area contributed by atoms with Gasteiger partial charge in [0.15, 0.2) is 0 Å². The van der Waals surface area contributed by atoms with Crippen LogP contribution in [0.5, 0.6) is 0 Å². The highest BCUT2D eigenvalue weighted by molar-refractivity contribution is 7.92. The summed E-state index contributed by atoms with van der Waals surface area (Å²) >= 11 is 1.34. The number of fused-ring (bicyclic) bond motifs is 1. The van der Waals surface area contributed by atoms with Crippen LogP contribution in [0.2, 0.25) is 0 Å². The number of sulfonamides is 1. The highest BCUT2D eigenvalue weighted by Crippen LogP contribution is 2.37. The minimum absolute atomic E-state index is 0.0538. The maximum Gasteiger partial charge on any atom is 0.261 e. The molecule has 2 aromatic carbocycles. The monoisotopic (exact) mass is 487 g/mol. The van der Waals surface area contributed by atoms with E-state index in [2.05, 4.69) is 10.0 Å². The van der Waals surface area contributed by atoms with E-state index in [-0.39, 0.29) is 16.1 Å². The highest BCUT2D eigenvalue weighted by atomic mass is 32.2. The summed E-state index contributed by atoms with van der Waals surface area (Å²) in [7, 11) is -4.06. The molecule has 10 heteroatoms. The minimum Gasteiger partial charge on any atom is -0.365 e. The summed E-state index contributed by atoms with van der Waals surface area (Å²) < 4.78 is 41.0. The predicted octanol–water partition coefficient (Wildman–Crippen LogP) is 4.31. The number of hydrogen-bond acceptors (Lipinski definition) is 5. The average molecular weight is 488 g/mol. The lowest BCUT2D eigenvalue weighted by Crippen LogP contribution is -2.20. The largest absolute Gasteiger partial charge is 0.365 e. The van der Waals surface area contributed by atoms with Crippen LogP contribution >= 0.6 is 11.3 Å². The first-order valence-electron chi connectivity index (χ1n) is 10.4. The maximum absolute atomic E-state index is 13.2. The number of anilines is 2. The Kier molecular flexibility index (Phi) is 6.48. The molecular formula is C23H22FN3O4S2. The van der Waals surface area contributed by atoms with Crippen molar-refractivity contribution in [2.24, 2.45) is 5.73 Å². The fraction of sp³-hybridized carbons (Fsp3) is 0.217. The van der Waals surface area contributed by atoms with Gasteiger partial charge in [-0.15, -0.1) is 11.3 Å². The number of aryl methyl sites for hydroxylation is 1. The van der Waals surface area contributed by atoms with Crippen molar-refractivity contribution in [1.29, 1.82) is 0 Å². The Morgan fingerprint density at radius 1 is 0.970 bits per heavy atom. The molecule has 172 valence electrons. The Labute approximate surface area is 194 Å². The van der Waals surface area contributed by atoms with Crippen molar-refractivity contribution in [2.45, 2.75) is 37.0 Å². The van der Waals surface area contributed by atoms with Crippen LogP contribution in [-0.4, -0.2) is 20.2 Å². The number of primary amides is 1. The second-order valence-electron chi connectivity index (χ2n) is 7.69. The molecule has 1 aliphatic rings. The SMILES string of the molecule is NC(=O)c1c(NC(=O)c2ccccc2NS(=O)(=O)c2ccc(F)cc2)sc2c1CCCCC2. The lowest BCUT2D eigenvalue weighted by atomic mass is 10.0. The molecule has 0 saturated heterocycles. The molecule has 1 aliphatic carbocycles. The van der Waals surface area contributed by atoms with Gasteiger partial charge in [0, 0.05) is 4.88 Å². The molecule has 0 aliphatic heterocycles. The Hall–Kier alpha value is -3.24. The number of amides is 2. The number of hydrogen-bond donors (Lipinski definition) is 3. The fourth-order valence-electron chi connectivity index (χ4n) is 3.85. The van der Waals surface area contributed by atoms with Crippen molar-refractivity contribution in [3.63, 3.8) is 0 Å². The Bertz CT molecular complexity index is 1320. The van der Waals surface area contributed by atoms with Crippen LogP contribution in [0.1, 0.15) is 50.4 Å². The Morgan fingerprint density at radius 2 is 1.67 bits per heavy atom. The van der Waals surface area contributed by atoms with Crippen LogP contribution in [0.25, 0.3) is 0 Å². The van der Waals surface area contributed by atoms with Gasteiger partial charge in [0.25, 0.3) is 21.8 Å². The number of para-hydroxylation sites is 1. The molecule has 33 heavy (non-hydrogen) atoms. The fourth-order valence-corrected chi connectivity index (χ4v) is 6.22. The van der Waals surface area contributed by atoms with E-state index < -0.39 is 27.7 Å². The van der Waals surface area contributed by atoms with Crippen LogP contribution < -0.4 is 15.8 Å². The van der Waals surface area contributed by atoms with Gasteiger partial charge >= 0.3 is 0 Å². The lowest BCUT2D eigenvalue weighted by Gasteiger charge is -2.13. The van der Waals surface area contributed by atoms with Crippen LogP contribution in [0, 0.1) is 5.82 Å². The molecule has 0 fully saturated rings. The van der Waals surface area contributed by atoms with Crippen molar-refractivity contribution in [1.82, 2.24) is 0 Å². The number of thiophene rings is 1. The number of carbonyl (C=O) groups is 2. The number of nitrogens with one attached hydrogen (secondary N) is 2. The standard InChI is InChI=1S/C23H22FN3O4S2/c24-14-10-12-15(13-11-14)33(30,31)27-18-8-5-4-6-16(18)22(29)26-23-20(21(25)28)17-7-2-1-3-9-19(17)32-23/h4-6,8,10-13,27H,1-3,7,9H2,(H2,25,28)(H,26,29). The first-order chi connectivity index (χ1) is 15.8. The zero-order valence-corrected chi connectivity index (χ0v) is 19.2. The van der Waals surface area contributed by atoms with Crippen molar-refractivity contribution < 1.29 is 22.4 Å². The van der Waals surface area contributed by atoms with Crippen LogP contribution in [-0.2, 0) is 22.9 Å². The number of rotatable bonds is 6. The Balaban J connectivity index is 1.63. The molecule has 0 atom stereocenters. The second kappa shape index (κ2) is 9.32. The molecular weight excluding hydrogens is 465 g/mol. The summed E-state index contributed by atoms with van der Waals surface area (Å²) in [5.41, 5.74) is 6.98. The topological polar surface area (TPSA) is 118 Å². The second-order valence-corrected chi connectivity index (χ2v) is 10.5. The van der Waals surface area contributed by atoms with Crippen molar-refractivity contribution >= 4 is 43.9 Å². The van der Waals surface area contributed by atoms with Crippen LogP contribution in [0.4, 0.5) is 15.1 Å². The third kappa shape index (κ3) is 4.91. The summed E-state index contributed by atoms with van der Waals surface area (Å²) in [6.07, 6.45) is 4.58. The van der Waals surface area contributed by atoms with Gasteiger partial charge in [0.05, 0.1) is 21.7 Å². The van der Waals surface area contributed by atoms with E-state index in [0.29, 0.717) is 10.6 Å². The normalized spacial score (nSPS) is 13.6. The van der Waals surface area contributed by atoms with E-state index in [1.165, 1.54) is 23.5 Å². The highest BCUT2D eigenvalue weighted by Gasteiger charge is 2.25. The van der Waals surface area contributed by atoms with E-state index in [1.54, 1.807) is 12.1 Å². The zero-order chi connectivity index (χ0) is 23.6. The molecule has 2 amide bonds. The molecule has 1 aromatic heterocycles. The number of benzene rings is 2. The van der Waals surface area contributed by atoms with E-state index in [1.807, 2.05) is 0 Å². The van der Waals surface area contributed by atoms with Gasteiger partial charge in [0.1, 0.15) is 10.8 Å². The van der Waals surface area contributed by atoms with Gasteiger partial charge in [0.2, 0.25) is 0 Å². The van der Waals surface area contributed by atoms with E-state index in [0.717, 1.165) is 66.8 Å². The van der Waals surface area contributed by atoms with Gasteiger partial charge in [-0.05, 0) is 67.6 Å². The zero-order valence-electron chi connectivity index (χ0n) is 17.6. The van der Waals surface area contributed by atoms with Crippen molar-refractivity contribution in [3.05, 3.63) is 75.9 Å². The van der Waals surface area contributed by atoms with Crippen LogP contribution in [0.15, 0.2) is 53.4 Å². The summed E-state index contributed by atoms with van der Waals surface area (Å²) in [4.78, 5) is 26.2. The van der Waals surface area contributed by atoms with Crippen molar-refractivity contribution in [2.75, 3.05) is 10.0 Å². The molecule has 0 saturated carbocycles. The summed E-state index contributed by atoms with van der Waals surface area (Å²) in [5.74, 6) is -1.74. The maximum atomic E-state index is 13.2. The first kappa shape index (κ1) is 22.9. The van der Waals surface area contributed by atoms with E-state index in [9.17, 15) is 22.4 Å². The number of nitrogens with two attached hydrogens (primary N) is 1. The first-order valence-corrected chi connectivity index (χ1v) is 12.7. The molecule has 1 heterocycles. The summed E-state index contributed by atoms with van der Waals surface area (Å²) in [6.45, 7) is 0. The van der Waals surface area contributed by atoms with Gasteiger partial charge < -0.3 is 11.1 Å². The molecule has 4 N–H and O–H groups in total. The molecule has 0 spiro atoms. The average Bonchev–Trinajstić information content (AvgIpc) is 2.95. The van der Waals surface area contributed by atoms with Gasteiger partial charge in [-0.3, -0.25) is 14.3 Å². The van der Waals surface area contributed by atoms with E-state index in [4.69, 9.17) is 5.73 Å². The number of carbonyl (C=O) groups excluding carboxylic acids is 2. The van der Waals surface area contributed by atoms with Gasteiger partial charge in [-0.25, -0.2) is 12.8 Å². The van der Waals surface area contributed by atoms with Gasteiger partial charge in [-0.1, -0.05) is 18.6 Å². The Morgan fingerprint density at radius 3 is 2.39 bits per heavy atom. The number of halogens is 1. The third-order valence-electron chi connectivity index (χ3n) is 5.43. The van der Waals surface area contributed by atoms with Gasteiger partial charge in [-0.2, -0.15) is 0 Å². The predicted molar refractivity (Wildman–Crippen MR) is 126 cm³/mol. The molecule has 0 bridgehead atoms. The smallest absolute Gasteiger partial charge is 0.261 e. The molecule has 0 radical (unpaired) electrons.